The number of nitrogens with zero attached hydrogens (tertiary/aromatic N) is 1. The Kier molecular flexibility index (Phi) is 4.77. The number of hydrogen-bond donors (Lipinski definition) is 1. The lowest BCUT2D eigenvalue weighted by atomic mass is 10.2. The van der Waals surface area contributed by atoms with Gasteiger partial charge in [0.05, 0.1) is 11.8 Å². The van der Waals surface area contributed by atoms with Gasteiger partial charge < -0.3 is 9.73 Å². The summed E-state index contributed by atoms with van der Waals surface area (Å²) in [5.41, 5.74) is 0.365. The molecule has 0 spiro atoms. The summed E-state index contributed by atoms with van der Waals surface area (Å²) in [6, 6.07) is 9.67. The largest absolute Gasteiger partial charge is 0.468 e. The van der Waals surface area contributed by atoms with Crippen molar-refractivity contribution in [3.63, 3.8) is 0 Å². The Labute approximate surface area is 143 Å². The number of hydrogen-bond acceptors (Lipinski definition) is 6. The minimum Gasteiger partial charge on any atom is -0.468 e. The number of rotatable bonds is 6. The fraction of sp³-hybridized carbons (Fsp3) is 0.125. The van der Waals surface area contributed by atoms with Crippen molar-refractivity contribution in [2.45, 2.75) is 9.46 Å². The zero-order valence-corrected chi connectivity index (χ0v) is 14.1. The number of aromatic nitrogens is 1. The van der Waals surface area contributed by atoms with Gasteiger partial charge in [0, 0.05) is 18.9 Å². The highest BCUT2D eigenvalue weighted by molar-refractivity contribution is 7.93. The van der Waals surface area contributed by atoms with Gasteiger partial charge in [-0.05, 0) is 35.7 Å². The molecule has 3 aromatic heterocycles. The monoisotopic (exact) mass is 362 g/mol. The van der Waals surface area contributed by atoms with Crippen LogP contribution in [-0.4, -0.2) is 25.9 Å². The third-order valence-corrected chi connectivity index (χ3v) is 6.87. The number of thiophene rings is 1. The van der Waals surface area contributed by atoms with E-state index in [0.717, 1.165) is 11.3 Å². The van der Waals surface area contributed by atoms with E-state index in [9.17, 15) is 13.2 Å². The van der Waals surface area contributed by atoms with Gasteiger partial charge in [0.1, 0.15) is 15.2 Å². The maximum Gasteiger partial charge on any atom is 0.252 e. The molecule has 8 heteroatoms. The van der Waals surface area contributed by atoms with Gasteiger partial charge in [0.25, 0.3) is 5.91 Å². The number of furan rings is 1. The van der Waals surface area contributed by atoms with Gasteiger partial charge in [0.15, 0.2) is 9.84 Å². The zero-order chi connectivity index (χ0) is 17.0. The van der Waals surface area contributed by atoms with E-state index in [1.54, 1.807) is 48.0 Å². The Balaban J connectivity index is 1.83. The summed E-state index contributed by atoms with van der Waals surface area (Å²) in [5, 5.41) is 3.34. The van der Waals surface area contributed by atoms with Gasteiger partial charge in [-0.3, -0.25) is 9.78 Å². The van der Waals surface area contributed by atoms with Crippen LogP contribution >= 0.6 is 11.3 Å². The SMILES string of the molecule is O=C(NCC(c1ccco1)S(=O)(=O)c1cccs1)c1cccnc1. The lowest BCUT2D eigenvalue weighted by Crippen LogP contribution is -2.31. The van der Waals surface area contributed by atoms with Crippen LogP contribution in [0.3, 0.4) is 0 Å². The number of carbonyl (C=O) groups is 1. The first kappa shape index (κ1) is 16.4. The van der Waals surface area contributed by atoms with Crippen molar-refractivity contribution in [2.24, 2.45) is 0 Å². The highest BCUT2D eigenvalue weighted by atomic mass is 32.2. The molecule has 0 aliphatic rings. The van der Waals surface area contributed by atoms with Crippen molar-refractivity contribution in [1.29, 1.82) is 0 Å². The molecule has 0 radical (unpaired) electrons. The number of amides is 1. The topological polar surface area (TPSA) is 89.3 Å². The van der Waals surface area contributed by atoms with E-state index in [1.165, 1.54) is 12.5 Å². The summed E-state index contributed by atoms with van der Waals surface area (Å²) in [5.74, 6) is -0.101. The maximum atomic E-state index is 12.8. The van der Waals surface area contributed by atoms with E-state index < -0.39 is 15.1 Å². The average molecular weight is 362 g/mol. The summed E-state index contributed by atoms with van der Waals surface area (Å²) >= 11 is 1.13. The molecule has 124 valence electrons. The van der Waals surface area contributed by atoms with Gasteiger partial charge in [-0.25, -0.2) is 8.42 Å². The Hall–Kier alpha value is -2.45. The molecule has 1 N–H and O–H groups in total. The van der Waals surface area contributed by atoms with E-state index in [1.807, 2.05) is 0 Å². The quantitative estimate of drug-likeness (QED) is 0.728. The second-order valence-electron chi connectivity index (χ2n) is 4.93. The first-order valence-corrected chi connectivity index (χ1v) is 9.50. The molecular formula is C16H14N2O4S2. The molecule has 3 heterocycles. The Bertz CT molecular complexity index is 889. The molecule has 0 aliphatic carbocycles. The van der Waals surface area contributed by atoms with Gasteiger partial charge in [-0.2, -0.15) is 0 Å². The summed E-state index contributed by atoms with van der Waals surface area (Å²) in [6.45, 7) is -0.0958. The van der Waals surface area contributed by atoms with E-state index in [4.69, 9.17) is 4.42 Å². The van der Waals surface area contributed by atoms with E-state index in [-0.39, 0.29) is 22.4 Å². The molecule has 0 aliphatic heterocycles. The van der Waals surface area contributed by atoms with Crippen LogP contribution in [0.2, 0.25) is 0 Å². The fourth-order valence-electron chi connectivity index (χ4n) is 2.19. The van der Waals surface area contributed by atoms with Crippen LogP contribution in [0.25, 0.3) is 0 Å². The summed E-state index contributed by atoms with van der Waals surface area (Å²) in [7, 11) is -3.66. The number of sulfone groups is 1. The average Bonchev–Trinajstić information content (AvgIpc) is 3.29. The zero-order valence-electron chi connectivity index (χ0n) is 12.5. The number of pyridine rings is 1. The van der Waals surface area contributed by atoms with E-state index in [2.05, 4.69) is 10.3 Å². The third-order valence-electron chi connectivity index (χ3n) is 3.38. The minimum absolute atomic E-state index is 0.0958. The molecular weight excluding hydrogens is 348 g/mol. The molecule has 3 aromatic rings. The van der Waals surface area contributed by atoms with Crippen molar-refractivity contribution in [1.82, 2.24) is 10.3 Å². The minimum atomic E-state index is -3.66. The predicted octanol–water partition coefficient (Wildman–Crippen LogP) is 2.68. The number of nitrogens with one attached hydrogen (secondary N) is 1. The van der Waals surface area contributed by atoms with Gasteiger partial charge >= 0.3 is 0 Å². The van der Waals surface area contributed by atoms with E-state index >= 15 is 0 Å². The van der Waals surface area contributed by atoms with Gasteiger partial charge in [-0.15, -0.1) is 11.3 Å². The predicted molar refractivity (Wildman–Crippen MR) is 89.5 cm³/mol. The molecule has 1 unspecified atom stereocenters. The van der Waals surface area contributed by atoms with Crippen LogP contribution in [0.15, 0.2) is 69.1 Å². The fourth-order valence-corrected chi connectivity index (χ4v) is 4.98. The lowest BCUT2D eigenvalue weighted by molar-refractivity contribution is 0.0953. The van der Waals surface area contributed by atoms with Crippen molar-refractivity contribution in [2.75, 3.05) is 6.54 Å². The van der Waals surface area contributed by atoms with Crippen molar-refractivity contribution < 1.29 is 17.6 Å². The van der Waals surface area contributed by atoms with Crippen LogP contribution in [0, 0.1) is 0 Å². The second-order valence-corrected chi connectivity index (χ2v) is 8.24. The van der Waals surface area contributed by atoms with Crippen LogP contribution in [0.5, 0.6) is 0 Å². The van der Waals surface area contributed by atoms with Gasteiger partial charge in [-0.1, -0.05) is 6.07 Å². The van der Waals surface area contributed by atoms with Crippen molar-refractivity contribution in [3.8, 4) is 0 Å². The highest BCUT2D eigenvalue weighted by Crippen LogP contribution is 2.31. The smallest absolute Gasteiger partial charge is 0.252 e. The lowest BCUT2D eigenvalue weighted by Gasteiger charge is -2.15. The second kappa shape index (κ2) is 6.98. The maximum absolute atomic E-state index is 12.8. The molecule has 0 fully saturated rings. The van der Waals surface area contributed by atoms with Crippen LogP contribution in [0.1, 0.15) is 21.4 Å². The Morgan fingerprint density at radius 2 is 2.12 bits per heavy atom. The van der Waals surface area contributed by atoms with Crippen molar-refractivity contribution >= 4 is 27.1 Å². The first-order valence-electron chi connectivity index (χ1n) is 7.08. The highest BCUT2D eigenvalue weighted by Gasteiger charge is 2.32. The summed E-state index contributed by atoms with van der Waals surface area (Å²) in [6.07, 6.45) is 4.39. The van der Waals surface area contributed by atoms with Crippen LogP contribution < -0.4 is 5.32 Å². The molecule has 0 aromatic carbocycles. The first-order chi connectivity index (χ1) is 11.6. The molecule has 24 heavy (non-hydrogen) atoms. The molecule has 0 bridgehead atoms. The normalized spacial score (nSPS) is 12.7. The molecule has 1 atom stereocenters. The molecule has 1 amide bonds. The standard InChI is InChI=1S/C16H14N2O4S2/c19-16(12-4-1-7-17-10-12)18-11-14(13-5-2-8-22-13)24(20,21)15-6-3-9-23-15/h1-10,14H,11H2,(H,18,19). The summed E-state index contributed by atoms with van der Waals surface area (Å²) < 4.78 is 31.2. The molecule has 3 rings (SSSR count). The molecule has 0 saturated carbocycles. The molecule has 0 saturated heterocycles. The van der Waals surface area contributed by atoms with Gasteiger partial charge in [0.2, 0.25) is 0 Å². The molecule has 6 nitrogen and oxygen atoms in total. The van der Waals surface area contributed by atoms with E-state index in [0.29, 0.717) is 5.56 Å². The van der Waals surface area contributed by atoms with Crippen molar-refractivity contribution in [3.05, 3.63) is 71.8 Å². The Morgan fingerprint density at radius 3 is 2.75 bits per heavy atom. The van der Waals surface area contributed by atoms with Crippen LogP contribution in [-0.2, 0) is 9.84 Å². The van der Waals surface area contributed by atoms with Crippen LogP contribution in [0.4, 0.5) is 0 Å². The number of carbonyl (C=O) groups excluding carboxylic acids is 1. The Morgan fingerprint density at radius 1 is 1.25 bits per heavy atom. The third kappa shape index (κ3) is 3.39. The summed E-state index contributed by atoms with van der Waals surface area (Å²) in [4.78, 5) is 16.0.